The number of hydrogen-bond donors (Lipinski definition) is 3. The molecule has 1 aliphatic heterocycles. The molecule has 0 spiro atoms. The number of aliphatic hydroxyl groups excluding tert-OH is 1. The lowest BCUT2D eigenvalue weighted by Gasteiger charge is -2.49. The molecule has 0 saturated carbocycles. The van der Waals surface area contributed by atoms with E-state index >= 15 is 0 Å². The third-order valence-electron chi connectivity index (χ3n) is 7.81. The number of aromatic amines is 1. The average molecular weight is 573 g/mol. The summed E-state index contributed by atoms with van der Waals surface area (Å²) < 4.78 is 6.91. The lowest BCUT2D eigenvalue weighted by Crippen LogP contribution is -2.70. The molecule has 1 saturated heterocycles. The van der Waals surface area contributed by atoms with Crippen LogP contribution in [0.1, 0.15) is 22.9 Å². The van der Waals surface area contributed by atoms with Gasteiger partial charge in [0.05, 0.1) is 12.5 Å². The van der Waals surface area contributed by atoms with Crippen molar-refractivity contribution in [3.8, 4) is 0 Å². The Kier molecular flexibility index (Phi) is 7.87. The monoisotopic (exact) mass is 572 g/mol. The summed E-state index contributed by atoms with van der Waals surface area (Å²) in [4.78, 5) is 63.8. The van der Waals surface area contributed by atoms with Crippen LogP contribution in [0.4, 0.5) is 0 Å². The van der Waals surface area contributed by atoms with Gasteiger partial charge in [-0.1, -0.05) is 91.0 Å². The molecule has 216 valence electrons. The van der Waals surface area contributed by atoms with Crippen molar-refractivity contribution in [2.45, 2.75) is 35.1 Å². The topological polar surface area (TPSA) is 157 Å². The van der Waals surface area contributed by atoms with Gasteiger partial charge in [-0.2, -0.15) is 0 Å². The van der Waals surface area contributed by atoms with E-state index in [9.17, 15) is 29.4 Å². The summed E-state index contributed by atoms with van der Waals surface area (Å²) in [5, 5.41) is 23.4. The molecule has 0 radical (unpaired) electrons. The Labute approximate surface area is 239 Å². The second-order valence-electron chi connectivity index (χ2n) is 9.87. The van der Waals surface area contributed by atoms with Gasteiger partial charge in [0.2, 0.25) is 0 Å². The van der Waals surface area contributed by atoms with Gasteiger partial charge in [0.1, 0.15) is 12.2 Å². The highest BCUT2D eigenvalue weighted by Crippen LogP contribution is 2.54. The van der Waals surface area contributed by atoms with Crippen molar-refractivity contribution in [2.75, 3.05) is 7.11 Å². The third-order valence-corrected chi connectivity index (χ3v) is 7.81. The molecule has 4 aromatic rings. The first kappa shape index (κ1) is 29.0. The van der Waals surface area contributed by atoms with Crippen LogP contribution in [-0.4, -0.2) is 62.9 Å². The predicted molar refractivity (Wildman–Crippen MR) is 148 cm³/mol. The van der Waals surface area contributed by atoms with E-state index in [0.29, 0.717) is 16.7 Å². The van der Waals surface area contributed by atoms with E-state index in [2.05, 4.69) is 0 Å². The van der Waals surface area contributed by atoms with Crippen LogP contribution in [-0.2, 0) is 29.5 Å². The summed E-state index contributed by atoms with van der Waals surface area (Å²) in [7, 11) is 1.19. The Balaban J connectivity index is 1.89. The molecule has 1 unspecified atom stereocenters. The Morgan fingerprint density at radius 3 is 1.79 bits per heavy atom. The highest BCUT2D eigenvalue weighted by atomic mass is 17.2. The molecule has 11 nitrogen and oxygen atoms in total. The van der Waals surface area contributed by atoms with Gasteiger partial charge in [0.15, 0.2) is 30.0 Å². The fourth-order valence-electron chi connectivity index (χ4n) is 5.88. The molecule has 3 aromatic carbocycles. The van der Waals surface area contributed by atoms with Gasteiger partial charge < -0.3 is 14.9 Å². The van der Waals surface area contributed by atoms with Crippen LogP contribution in [0.5, 0.6) is 0 Å². The molecule has 5 rings (SSSR count). The maximum absolute atomic E-state index is 13.4. The number of H-pyrrole nitrogens is 1. The summed E-state index contributed by atoms with van der Waals surface area (Å²) in [6.07, 6.45) is -4.51. The van der Waals surface area contributed by atoms with Crippen LogP contribution in [0.3, 0.4) is 0 Å². The molecule has 1 aromatic heterocycles. The highest BCUT2D eigenvalue weighted by molar-refractivity contribution is 5.82. The van der Waals surface area contributed by atoms with Crippen molar-refractivity contribution in [3.63, 3.8) is 0 Å². The fourth-order valence-corrected chi connectivity index (χ4v) is 5.88. The normalized spacial score (nSPS) is 24.6. The summed E-state index contributed by atoms with van der Waals surface area (Å²) in [6.45, 7) is 0. The van der Waals surface area contributed by atoms with Crippen molar-refractivity contribution in [1.82, 2.24) is 9.55 Å². The summed E-state index contributed by atoms with van der Waals surface area (Å²) in [6, 6.07) is 27.7. The summed E-state index contributed by atoms with van der Waals surface area (Å²) in [5.41, 5.74) is -7.29. The van der Waals surface area contributed by atoms with Crippen molar-refractivity contribution >= 4 is 12.6 Å². The summed E-state index contributed by atoms with van der Waals surface area (Å²) in [5.74, 6) is 0. The zero-order valence-electron chi connectivity index (χ0n) is 22.4. The first-order chi connectivity index (χ1) is 20.3. The quantitative estimate of drug-likeness (QED) is 0.110. The molecular weight excluding hydrogens is 544 g/mol. The van der Waals surface area contributed by atoms with Gasteiger partial charge in [0.25, 0.3) is 5.56 Å². The zero-order chi connectivity index (χ0) is 30.0. The fraction of sp³-hybridized carbons (Fsp3) is 0.226. The molecule has 2 heterocycles. The maximum atomic E-state index is 13.4. The highest BCUT2D eigenvalue weighted by Gasteiger charge is 2.74. The van der Waals surface area contributed by atoms with Gasteiger partial charge in [-0.3, -0.25) is 23.9 Å². The number of ether oxygens (including phenoxy) is 1. The molecule has 1 fully saturated rings. The van der Waals surface area contributed by atoms with E-state index in [1.54, 1.807) is 91.0 Å². The lowest BCUT2D eigenvalue weighted by atomic mass is 9.59. The average Bonchev–Trinajstić information content (AvgIpc) is 3.25. The molecule has 0 bridgehead atoms. The number of aliphatic hydroxyl groups is 2. The van der Waals surface area contributed by atoms with Crippen LogP contribution < -0.4 is 11.2 Å². The predicted octanol–water partition coefficient (Wildman–Crippen LogP) is 1.28. The SMILES string of the molecule is COOC(C(c1ccccc1)(c1ccccc1)c1ccccc1)[C@@]1(C=O)O[C@@H](n2ccc(=O)[nH]c2=O)[C@H](O)[C@@]1(O)C=O. The van der Waals surface area contributed by atoms with Crippen LogP contribution in [0.15, 0.2) is 113 Å². The van der Waals surface area contributed by atoms with Crippen LogP contribution >= 0.6 is 0 Å². The van der Waals surface area contributed by atoms with Gasteiger partial charge in [-0.15, -0.1) is 0 Å². The molecule has 0 amide bonds. The number of carbonyl (C=O) groups excluding carboxylic acids is 2. The third kappa shape index (κ3) is 4.26. The largest absolute Gasteiger partial charge is 0.385 e. The number of nitrogens with zero attached hydrogens (tertiary/aromatic N) is 1. The van der Waals surface area contributed by atoms with E-state index in [1.165, 1.54) is 7.11 Å². The summed E-state index contributed by atoms with van der Waals surface area (Å²) >= 11 is 0. The standard InChI is InChI=1S/C31H28N2O9/c1-40-42-27(30(20-35)29(39,19-34)25(37)26(41-30)33-18-17-24(36)32-28(33)38)31(21-11-5-2-6-12-21,22-13-7-3-8-14-22)23-15-9-4-10-16-23/h2-20,25-27,37,39H,1H3,(H,32,36,38)/t25-,26+,27?,29-,30+/m0/s1. The maximum Gasteiger partial charge on any atom is 0.330 e. The lowest BCUT2D eigenvalue weighted by molar-refractivity contribution is -0.351. The van der Waals surface area contributed by atoms with Crippen molar-refractivity contribution in [1.29, 1.82) is 0 Å². The molecule has 1 aliphatic rings. The number of aldehydes is 2. The van der Waals surface area contributed by atoms with Crippen molar-refractivity contribution < 1.29 is 34.3 Å². The minimum Gasteiger partial charge on any atom is -0.385 e. The van der Waals surface area contributed by atoms with Crippen molar-refractivity contribution in [3.05, 3.63) is 141 Å². The number of rotatable bonds is 10. The minimum atomic E-state index is -2.98. The van der Waals surface area contributed by atoms with E-state index < -0.39 is 46.3 Å². The molecule has 11 heteroatoms. The van der Waals surface area contributed by atoms with Gasteiger partial charge in [-0.05, 0) is 16.7 Å². The Hall–Kier alpha value is -4.52. The van der Waals surface area contributed by atoms with E-state index in [-0.39, 0.29) is 12.6 Å². The molecule has 42 heavy (non-hydrogen) atoms. The van der Waals surface area contributed by atoms with Gasteiger partial charge in [-0.25, -0.2) is 14.6 Å². The van der Waals surface area contributed by atoms with Crippen LogP contribution in [0.25, 0.3) is 0 Å². The molecule has 0 aliphatic carbocycles. The number of carbonyl (C=O) groups is 2. The number of aromatic nitrogens is 2. The zero-order valence-corrected chi connectivity index (χ0v) is 22.4. The number of benzene rings is 3. The first-order valence-corrected chi connectivity index (χ1v) is 13.0. The van der Waals surface area contributed by atoms with Crippen LogP contribution in [0.2, 0.25) is 0 Å². The number of nitrogens with one attached hydrogen (secondary N) is 1. The van der Waals surface area contributed by atoms with Crippen LogP contribution in [0, 0.1) is 0 Å². The second kappa shape index (κ2) is 11.4. The first-order valence-electron chi connectivity index (χ1n) is 13.0. The Morgan fingerprint density at radius 1 is 0.881 bits per heavy atom. The Bertz CT molecular complexity index is 1560. The van der Waals surface area contributed by atoms with Gasteiger partial charge in [0, 0.05) is 12.3 Å². The molecule has 5 atom stereocenters. The van der Waals surface area contributed by atoms with E-state index in [1.807, 2.05) is 4.98 Å². The second-order valence-corrected chi connectivity index (χ2v) is 9.87. The Morgan fingerprint density at radius 2 is 1.38 bits per heavy atom. The van der Waals surface area contributed by atoms with Gasteiger partial charge >= 0.3 is 5.69 Å². The minimum absolute atomic E-state index is 0.0133. The molecule has 3 N–H and O–H groups in total. The smallest absolute Gasteiger partial charge is 0.330 e. The molecular formula is C31H28N2O9. The van der Waals surface area contributed by atoms with E-state index in [4.69, 9.17) is 14.5 Å². The van der Waals surface area contributed by atoms with E-state index in [0.717, 1.165) is 16.8 Å². The van der Waals surface area contributed by atoms with Crippen molar-refractivity contribution in [2.24, 2.45) is 0 Å². The number of hydrogen-bond acceptors (Lipinski definition) is 9.